The maximum absolute atomic E-state index is 11.7. The van der Waals surface area contributed by atoms with Crippen LogP contribution >= 0.6 is 0 Å². The fourth-order valence-electron chi connectivity index (χ4n) is 1.30. The number of nitrogens with zero attached hydrogens (tertiary/aromatic N) is 2. The Labute approximate surface area is 99.1 Å². The summed E-state index contributed by atoms with van der Waals surface area (Å²) in [6.07, 6.45) is 2.69. The summed E-state index contributed by atoms with van der Waals surface area (Å²) in [5, 5.41) is 11.3. The van der Waals surface area contributed by atoms with Gasteiger partial charge in [0.2, 0.25) is 0 Å². The van der Waals surface area contributed by atoms with Crippen molar-refractivity contribution in [3.05, 3.63) is 23.8 Å². The van der Waals surface area contributed by atoms with Gasteiger partial charge in [0.05, 0.1) is 18.3 Å². The predicted octanol–water partition coefficient (Wildman–Crippen LogP) is 0.768. The minimum atomic E-state index is -0.967. The highest BCUT2D eigenvalue weighted by atomic mass is 16.4. The minimum Gasteiger partial charge on any atom is -0.481 e. The molecule has 1 rings (SSSR count). The van der Waals surface area contributed by atoms with Crippen molar-refractivity contribution in [3.8, 4) is 0 Å². The van der Waals surface area contributed by atoms with Gasteiger partial charge < -0.3 is 10.4 Å². The van der Waals surface area contributed by atoms with Crippen molar-refractivity contribution in [3.63, 3.8) is 0 Å². The van der Waals surface area contributed by atoms with Crippen LogP contribution in [0.15, 0.2) is 12.4 Å². The second kappa shape index (κ2) is 4.90. The molecule has 0 atom stereocenters. The molecule has 0 aliphatic rings. The van der Waals surface area contributed by atoms with Gasteiger partial charge in [-0.2, -0.15) is 0 Å². The fraction of sp³-hybridized carbons (Fsp3) is 0.455. The SMILES string of the molecule is Cc1cnc(C(=O)NC(C)(C)CC(=O)O)cn1. The quantitative estimate of drug-likeness (QED) is 0.806. The van der Waals surface area contributed by atoms with Crippen LogP contribution in [0.5, 0.6) is 0 Å². The molecule has 92 valence electrons. The van der Waals surface area contributed by atoms with Crippen molar-refractivity contribution < 1.29 is 14.7 Å². The molecule has 0 spiro atoms. The van der Waals surface area contributed by atoms with Crippen LogP contribution in [0.1, 0.15) is 36.5 Å². The van der Waals surface area contributed by atoms with Crippen molar-refractivity contribution >= 4 is 11.9 Å². The Kier molecular flexibility index (Phi) is 3.77. The summed E-state index contributed by atoms with van der Waals surface area (Å²) in [7, 11) is 0. The lowest BCUT2D eigenvalue weighted by Gasteiger charge is -2.23. The topological polar surface area (TPSA) is 92.2 Å². The van der Waals surface area contributed by atoms with Crippen LogP contribution < -0.4 is 5.32 Å². The van der Waals surface area contributed by atoms with E-state index in [-0.39, 0.29) is 12.1 Å². The zero-order valence-electron chi connectivity index (χ0n) is 10.0. The number of carboxylic acids is 1. The highest BCUT2D eigenvalue weighted by Crippen LogP contribution is 2.09. The summed E-state index contributed by atoms with van der Waals surface area (Å²) in [5.41, 5.74) is 0.0653. The van der Waals surface area contributed by atoms with Crippen molar-refractivity contribution in [1.82, 2.24) is 15.3 Å². The highest BCUT2D eigenvalue weighted by molar-refractivity contribution is 5.92. The van der Waals surface area contributed by atoms with E-state index in [1.165, 1.54) is 12.4 Å². The van der Waals surface area contributed by atoms with E-state index in [0.717, 1.165) is 0 Å². The van der Waals surface area contributed by atoms with E-state index < -0.39 is 17.4 Å². The first-order valence-corrected chi connectivity index (χ1v) is 5.13. The summed E-state index contributed by atoms with van der Waals surface area (Å²) in [6, 6.07) is 0. The number of aryl methyl sites for hydroxylation is 1. The number of hydrogen-bond donors (Lipinski definition) is 2. The first kappa shape index (κ1) is 13.1. The number of nitrogens with one attached hydrogen (secondary N) is 1. The van der Waals surface area contributed by atoms with Crippen LogP contribution in [0.3, 0.4) is 0 Å². The Hall–Kier alpha value is -1.98. The van der Waals surface area contributed by atoms with E-state index in [0.29, 0.717) is 5.69 Å². The molecule has 1 heterocycles. The normalized spacial score (nSPS) is 11.0. The Morgan fingerprint density at radius 2 is 2.00 bits per heavy atom. The molecule has 0 saturated carbocycles. The second-order valence-electron chi connectivity index (χ2n) is 4.45. The van der Waals surface area contributed by atoms with Gasteiger partial charge in [0, 0.05) is 11.7 Å². The van der Waals surface area contributed by atoms with E-state index in [2.05, 4.69) is 15.3 Å². The van der Waals surface area contributed by atoms with Gasteiger partial charge in [-0.15, -0.1) is 0 Å². The second-order valence-corrected chi connectivity index (χ2v) is 4.45. The summed E-state index contributed by atoms with van der Waals surface area (Å²) in [5.74, 6) is -1.39. The average molecular weight is 237 g/mol. The number of carbonyl (C=O) groups excluding carboxylic acids is 1. The molecule has 6 nitrogen and oxygen atoms in total. The summed E-state index contributed by atoms with van der Waals surface area (Å²) in [4.78, 5) is 30.2. The van der Waals surface area contributed by atoms with Gasteiger partial charge in [-0.25, -0.2) is 4.98 Å². The molecule has 0 fully saturated rings. The third-order valence-corrected chi connectivity index (χ3v) is 2.06. The molecule has 0 unspecified atom stereocenters. The van der Waals surface area contributed by atoms with Gasteiger partial charge in [0.15, 0.2) is 0 Å². The number of amides is 1. The van der Waals surface area contributed by atoms with Gasteiger partial charge in [-0.05, 0) is 20.8 Å². The number of aromatic nitrogens is 2. The molecule has 1 aromatic rings. The van der Waals surface area contributed by atoms with Crippen molar-refractivity contribution in [2.45, 2.75) is 32.7 Å². The number of aliphatic carboxylic acids is 1. The zero-order valence-corrected chi connectivity index (χ0v) is 10.0. The molecule has 0 aliphatic carbocycles. The van der Waals surface area contributed by atoms with Crippen LogP contribution in [0.2, 0.25) is 0 Å². The van der Waals surface area contributed by atoms with Gasteiger partial charge in [0.1, 0.15) is 5.69 Å². The third kappa shape index (κ3) is 4.18. The van der Waals surface area contributed by atoms with Crippen molar-refractivity contribution in [2.75, 3.05) is 0 Å². The molecular weight excluding hydrogens is 222 g/mol. The largest absolute Gasteiger partial charge is 0.481 e. The van der Waals surface area contributed by atoms with E-state index in [1.54, 1.807) is 20.8 Å². The number of hydrogen-bond acceptors (Lipinski definition) is 4. The Morgan fingerprint density at radius 3 is 2.47 bits per heavy atom. The van der Waals surface area contributed by atoms with Crippen molar-refractivity contribution in [2.24, 2.45) is 0 Å². The first-order chi connectivity index (χ1) is 7.80. The first-order valence-electron chi connectivity index (χ1n) is 5.13. The molecule has 1 aromatic heterocycles. The summed E-state index contributed by atoms with van der Waals surface area (Å²) in [6.45, 7) is 5.05. The van der Waals surface area contributed by atoms with E-state index in [9.17, 15) is 9.59 Å². The lowest BCUT2D eigenvalue weighted by atomic mass is 10.0. The summed E-state index contributed by atoms with van der Waals surface area (Å²) < 4.78 is 0. The van der Waals surface area contributed by atoms with Crippen LogP contribution in [0.4, 0.5) is 0 Å². The smallest absolute Gasteiger partial charge is 0.305 e. The predicted molar refractivity (Wildman–Crippen MR) is 60.6 cm³/mol. The van der Waals surface area contributed by atoms with E-state index >= 15 is 0 Å². The zero-order chi connectivity index (χ0) is 13.1. The van der Waals surface area contributed by atoms with Gasteiger partial charge in [-0.3, -0.25) is 14.6 Å². The molecule has 17 heavy (non-hydrogen) atoms. The lowest BCUT2D eigenvalue weighted by molar-refractivity contribution is -0.138. The van der Waals surface area contributed by atoms with Gasteiger partial charge in [-0.1, -0.05) is 0 Å². The molecule has 6 heteroatoms. The van der Waals surface area contributed by atoms with Crippen molar-refractivity contribution in [1.29, 1.82) is 0 Å². The third-order valence-electron chi connectivity index (χ3n) is 2.06. The van der Waals surface area contributed by atoms with Crippen LogP contribution in [0, 0.1) is 6.92 Å². The number of carboxylic acid groups (broad SMARTS) is 1. The number of carbonyl (C=O) groups is 2. The molecular formula is C11H15N3O3. The van der Waals surface area contributed by atoms with Crippen LogP contribution in [0.25, 0.3) is 0 Å². The molecule has 0 saturated heterocycles. The Balaban J connectivity index is 2.72. The molecule has 0 radical (unpaired) electrons. The Morgan fingerprint density at radius 1 is 1.35 bits per heavy atom. The standard InChI is InChI=1S/C11H15N3O3/c1-7-5-13-8(6-12-7)10(17)14-11(2,3)4-9(15)16/h5-6H,4H2,1-3H3,(H,14,17)(H,15,16). The van der Waals surface area contributed by atoms with Crippen LogP contribution in [-0.4, -0.2) is 32.5 Å². The molecule has 1 amide bonds. The maximum Gasteiger partial charge on any atom is 0.305 e. The number of rotatable bonds is 4. The molecule has 0 aromatic carbocycles. The van der Waals surface area contributed by atoms with E-state index in [4.69, 9.17) is 5.11 Å². The van der Waals surface area contributed by atoms with E-state index in [1.807, 2.05) is 0 Å². The monoisotopic (exact) mass is 237 g/mol. The molecule has 0 aliphatic heterocycles. The fourth-order valence-corrected chi connectivity index (χ4v) is 1.30. The lowest BCUT2D eigenvalue weighted by Crippen LogP contribution is -2.45. The van der Waals surface area contributed by atoms with Crippen LogP contribution in [-0.2, 0) is 4.79 Å². The van der Waals surface area contributed by atoms with Gasteiger partial charge in [0.25, 0.3) is 5.91 Å². The summed E-state index contributed by atoms with van der Waals surface area (Å²) >= 11 is 0. The average Bonchev–Trinajstić information content (AvgIpc) is 2.15. The minimum absolute atomic E-state index is 0.155. The maximum atomic E-state index is 11.7. The Bertz CT molecular complexity index is 426. The van der Waals surface area contributed by atoms with Gasteiger partial charge >= 0.3 is 5.97 Å². The molecule has 0 bridgehead atoms. The molecule has 2 N–H and O–H groups in total. The highest BCUT2D eigenvalue weighted by Gasteiger charge is 2.24.